The van der Waals surface area contributed by atoms with Gasteiger partial charge in [0.05, 0.1) is 5.60 Å². The number of likely N-dealkylation sites (N-methyl/N-ethyl adjacent to an activating group) is 1. The molecule has 0 aliphatic carbocycles. The number of nitrogens with two attached hydrogens (primary N) is 1. The van der Waals surface area contributed by atoms with Gasteiger partial charge in [0.15, 0.2) is 0 Å². The predicted octanol–water partition coefficient (Wildman–Crippen LogP) is 1.86. The highest BCUT2D eigenvalue weighted by Gasteiger charge is 2.34. The third kappa shape index (κ3) is 4.04. The van der Waals surface area contributed by atoms with E-state index >= 15 is 0 Å². The molecule has 1 aromatic rings. The number of benzene rings is 1. The second-order valence-electron chi connectivity index (χ2n) is 6.41. The van der Waals surface area contributed by atoms with Crippen molar-refractivity contribution >= 4 is 0 Å². The molecule has 2 atom stereocenters. The molecule has 0 amide bonds. The van der Waals surface area contributed by atoms with E-state index in [0.29, 0.717) is 32.6 Å². The van der Waals surface area contributed by atoms with Crippen molar-refractivity contribution in [1.82, 2.24) is 4.90 Å². The fourth-order valence-corrected chi connectivity index (χ4v) is 3.31. The summed E-state index contributed by atoms with van der Waals surface area (Å²) in [6.07, 6.45) is 1.38. The number of aryl methyl sites for hydroxylation is 1. The first-order valence-electron chi connectivity index (χ1n) is 7.74. The van der Waals surface area contributed by atoms with E-state index < -0.39 is 5.60 Å². The van der Waals surface area contributed by atoms with Crippen LogP contribution in [-0.4, -0.2) is 48.5 Å². The van der Waals surface area contributed by atoms with Gasteiger partial charge in [0, 0.05) is 44.7 Å². The molecular formula is C17H28N2O2. The van der Waals surface area contributed by atoms with Crippen LogP contribution in [0.15, 0.2) is 24.3 Å². The molecular weight excluding hydrogens is 264 g/mol. The van der Waals surface area contributed by atoms with Crippen LogP contribution in [0.1, 0.15) is 36.9 Å². The third-order valence-electron chi connectivity index (χ3n) is 4.45. The fraction of sp³-hybridized carbons (Fsp3) is 0.647. The van der Waals surface area contributed by atoms with Crippen LogP contribution >= 0.6 is 0 Å². The predicted molar refractivity (Wildman–Crippen MR) is 85.2 cm³/mol. The molecule has 2 unspecified atom stereocenters. The average molecular weight is 292 g/mol. The minimum absolute atomic E-state index is 0.000425. The Morgan fingerprint density at radius 1 is 1.33 bits per heavy atom. The molecule has 0 bridgehead atoms. The van der Waals surface area contributed by atoms with Gasteiger partial charge >= 0.3 is 0 Å². The molecule has 0 aromatic heterocycles. The van der Waals surface area contributed by atoms with Crippen LogP contribution < -0.4 is 5.73 Å². The average Bonchev–Trinajstić information content (AvgIpc) is 2.41. The SMILES string of the molecule is Cc1ccccc1C(C(C)N)N(C)CC1(O)CCOCC1. The number of nitrogens with zero attached hydrogens (tertiary/aromatic N) is 1. The zero-order valence-corrected chi connectivity index (χ0v) is 13.4. The van der Waals surface area contributed by atoms with Gasteiger partial charge in [0.25, 0.3) is 0 Å². The van der Waals surface area contributed by atoms with Crippen LogP contribution in [0.5, 0.6) is 0 Å². The molecule has 1 aliphatic heterocycles. The molecule has 4 nitrogen and oxygen atoms in total. The molecule has 2 rings (SSSR count). The summed E-state index contributed by atoms with van der Waals surface area (Å²) in [5, 5.41) is 10.7. The molecule has 4 heteroatoms. The molecule has 0 saturated carbocycles. The molecule has 1 saturated heterocycles. The molecule has 1 fully saturated rings. The third-order valence-corrected chi connectivity index (χ3v) is 4.45. The first-order chi connectivity index (χ1) is 9.93. The second-order valence-corrected chi connectivity index (χ2v) is 6.41. The van der Waals surface area contributed by atoms with Crippen molar-refractivity contribution in [2.24, 2.45) is 5.73 Å². The first kappa shape index (κ1) is 16.4. The summed E-state index contributed by atoms with van der Waals surface area (Å²) in [5.74, 6) is 0. The quantitative estimate of drug-likeness (QED) is 0.869. The molecule has 3 N–H and O–H groups in total. The van der Waals surface area contributed by atoms with Gasteiger partial charge < -0.3 is 15.6 Å². The van der Waals surface area contributed by atoms with Gasteiger partial charge in [-0.15, -0.1) is 0 Å². The molecule has 0 spiro atoms. The van der Waals surface area contributed by atoms with E-state index in [9.17, 15) is 5.11 Å². The van der Waals surface area contributed by atoms with E-state index in [2.05, 4.69) is 30.0 Å². The minimum Gasteiger partial charge on any atom is -0.388 e. The maximum Gasteiger partial charge on any atom is 0.0818 e. The van der Waals surface area contributed by atoms with E-state index in [0.717, 1.165) is 0 Å². The maximum atomic E-state index is 10.7. The number of hydrogen-bond acceptors (Lipinski definition) is 4. The number of rotatable bonds is 5. The Hall–Kier alpha value is -0.940. The van der Waals surface area contributed by atoms with Gasteiger partial charge in [-0.3, -0.25) is 4.90 Å². The van der Waals surface area contributed by atoms with Gasteiger partial charge in [-0.1, -0.05) is 24.3 Å². The second kappa shape index (κ2) is 6.88. The van der Waals surface area contributed by atoms with E-state index in [4.69, 9.17) is 10.5 Å². The molecule has 1 heterocycles. The van der Waals surface area contributed by atoms with Crippen molar-refractivity contribution < 1.29 is 9.84 Å². The lowest BCUT2D eigenvalue weighted by Crippen LogP contribution is -2.49. The maximum absolute atomic E-state index is 10.7. The van der Waals surface area contributed by atoms with E-state index in [1.807, 2.05) is 20.0 Å². The zero-order chi connectivity index (χ0) is 15.5. The molecule has 1 aliphatic rings. The molecule has 21 heavy (non-hydrogen) atoms. The summed E-state index contributed by atoms with van der Waals surface area (Å²) in [6.45, 7) is 6.04. The highest BCUT2D eigenvalue weighted by molar-refractivity contribution is 5.29. The van der Waals surface area contributed by atoms with Crippen molar-refractivity contribution in [3.63, 3.8) is 0 Å². The Labute approximate surface area is 127 Å². The lowest BCUT2D eigenvalue weighted by molar-refractivity contribution is -0.0824. The van der Waals surface area contributed by atoms with E-state index in [1.165, 1.54) is 11.1 Å². The van der Waals surface area contributed by atoms with E-state index in [-0.39, 0.29) is 12.1 Å². The largest absolute Gasteiger partial charge is 0.388 e. The monoisotopic (exact) mass is 292 g/mol. The van der Waals surface area contributed by atoms with Crippen molar-refractivity contribution in [3.05, 3.63) is 35.4 Å². The minimum atomic E-state index is -0.664. The number of aliphatic hydroxyl groups is 1. The van der Waals surface area contributed by atoms with Crippen LogP contribution in [0.25, 0.3) is 0 Å². The topological polar surface area (TPSA) is 58.7 Å². The normalized spacial score (nSPS) is 21.2. The van der Waals surface area contributed by atoms with E-state index in [1.54, 1.807) is 0 Å². The number of hydrogen-bond donors (Lipinski definition) is 2. The van der Waals surface area contributed by atoms with Crippen LogP contribution in [-0.2, 0) is 4.74 Å². The Bertz CT molecular complexity index is 456. The summed E-state index contributed by atoms with van der Waals surface area (Å²) in [7, 11) is 2.05. The molecule has 118 valence electrons. The summed E-state index contributed by atoms with van der Waals surface area (Å²) >= 11 is 0. The fourth-order valence-electron chi connectivity index (χ4n) is 3.31. The first-order valence-corrected chi connectivity index (χ1v) is 7.74. The van der Waals surface area contributed by atoms with Gasteiger partial charge in [0.2, 0.25) is 0 Å². The molecule has 0 radical (unpaired) electrons. The summed E-state index contributed by atoms with van der Waals surface area (Å²) in [4.78, 5) is 2.19. The highest BCUT2D eigenvalue weighted by atomic mass is 16.5. The number of ether oxygens (including phenoxy) is 1. The smallest absolute Gasteiger partial charge is 0.0818 e. The molecule has 1 aromatic carbocycles. The van der Waals surface area contributed by atoms with Crippen LogP contribution in [0.2, 0.25) is 0 Å². The zero-order valence-electron chi connectivity index (χ0n) is 13.4. The standard InChI is InChI=1S/C17H28N2O2/c1-13-6-4-5-7-15(13)16(14(2)18)19(3)12-17(20)8-10-21-11-9-17/h4-7,14,16,20H,8-12,18H2,1-3H3. The lowest BCUT2D eigenvalue weighted by Gasteiger charge is -2.40. The highest BCUT2D eigenvalue weighted by Crippen LogP contribution is 2.29. The van der Waals surface area contributed by atoms with Gasteiger partial charge in [-0.25, -0.2) is 0 Å². The Morgan fingerprint density at radius 3 is 2.52 bits per heavy atom. The van der Waals surface area contributed by atoms with Gasteiger partial charge in [0.1, 0.15) is 0 Å². The Morgan fingerprint density at radius 2 is 1.95 bits per heavy atom. The van der Waals surface area contributed by atoms with Crippen molar-refractivity contribution in [2.45, 2.75) is 44.4 Å². The lowest BCUT2D eigenvalue weighted by atomic mass is 9.90. The Kier molecular flexibility index (Phi) is 5.38. The van der Waals surface area contributed by atoms with Gasteiger partial charge in [-0.05, 0) is 32.0 Å². The van der Waals surface area contributed by atoms with Crippen LogP contribution in [0.4, 0.5) is 0 Å². The summed E-state index contributed by atoms with van der Waals surface area (Å²) in [5.41, 5.74) is 8.06. The Balaban J connectivity index is 2.16. The van der Waals surface area contributed by atoms with Crippen molar-refractivity contribution in [1.29, 1.82) is 0 Å². The van der Waals surface area contributed by atoms with Crippen molar-refractivity contribution in [2.75, 3.05) is 26.8 Å². The summed E-state index contributed by atoms with van der Waals surface area (Å²) in [6, 6.07) is 8.45. The van der Waals surface area contributed by atoms with Crippen LogP contribution in [0.3, 0.4) is 0 Å². The summed E-state index contributed by atoms with van der Waals surface area (Å²) < 4.78 is 5.35. The van der Waals surface area contributed by atoms with Crippen LogP contribution in [0, 0.1) is 6.92 Å². The van der Waals surface area contributed by atoms with Crippen molar-refractivity contribution in [3.8, 4) is 0 Å². The van der Waals surface area contributed by atoms with Gasteiger partial charge in [-0.2, -0.15) is 0 Å².